The predicted molar refractivity (Wildman–Crippen MR) is 47.2 cm³/mol. The second-order valence-electron chi connectivity index (χ2n) is 2.02. The molecule has 0 amide bonds. The summed E-state index contributed by atoms with van der Waals surface area (Å²) in [6.07, 6.45) is 4.09. The lowest BCUT2D eigenvalue weighted by atomic mass is 10.5. The Kier molecular flexibility index (Phi) is 2.53. The minimum absolute atomic E-state index is 0.232. The minimum Gasteiger partial charge on any atom is -0.505 e. The maximum Gasteiger partial charge on any atom is 0.153 e. The summed E-state index contributed by atoms with van der Waals surface area (Å²) in [6, 6.07) is 0. The molecule has 56 valence electrons. The van der Waals surface area contributed by atoms with Crippen LogP contribution in [0, 0.1) is 0 Å². The monoisotopic (exact) mass is 252 g/mol. The number of hydrogen-bond donors (Lipinski definition) is 1. The number of aromatic hydroxyl groups is 1. The maximum absolute atomic E-state index is 8.91. The first-order chi connectivity index (χ1) is 4.74. The largest absolute Gasteiger partial charge is 0.505 e. The van der Waals surface area contributed by atoms with Crippen molar-refractivity contribution in [3.05, 3.63) is 12.4 Å². The van der Waals surface area contributed by atoms with E-state index in [9.17, 15) is 0 Å². The molecule has 0 radical (unpaired) electrons. The highest BCUT2D eigenvalue weighted by Gasteiger charge is 2.03. The van der Waals surface area contributed by atoms with Crippen LogP contribution in [0.3, 0.4) is 0 Å². The zero-order chi connectivity index (χ0) is 7.56. The topological polar surface area (TPSA) is 38.0 Å². The van der Waals surface area contributed by atoms with E-state index in [2.05, 4.69) is 34.6 Å². The van der Waals surface area contributed by atoms with Gasteiger partial charge in [0.1, 0.15) is 4.05 Å². The molecular formula is C6H9IN2O. The Morgan fingerprint density at radius 3 is 3.00 bits per heavy atom. The van der Waals surface area contributed by atoms with Gasteiger partial charge in [0, 0.05) is 0 Å². The second kappa shape index (κ2) is 3.23. The van der Waals surface area contributed by atoms with Gasteiger partial charge in [-0.3, -0.25) is 4.68 Å². The summed E-state index contributed by atoms with van der Waals surface area (Å²) in [6.45, 7) is 2.08. The molecule has 10 heavy (non-hydrogen) atoms. The van der Waals surface area contributed by atoms with Gasteiger partial charge in [-0.1, -0.05) is 29.5 Å². The quantitative estimate of drug-likeness (QED) is 0.645. The number of alkyl halides is 1. The highest BCUT2D eigenvalue weighted by Crippen LogP contribution is 2.20. The third kappa shape index (κ3) is 1.62. The fourth-order valence-corrected chi connectivity index (χ4v) is 0.973. The number of aromatic nitrogens is 2. The van der Waals surface area contributed by atoms with Crippen LogP contribution in [0.25, 0.3) is 0 Å². The van der Waals surface area contributed by atoms with Crippen molar-refractivity contribution in [1.29, 1.82) is 0 Å². The molecule has 0 aliphatic rings. The SMILES string of the molecule is CCC(I)n1cc(O)cn1. The van der Waals surface area contributed by atoms with Gasteiger partial charge in [-0.05, 0) is 6.42 Å². The van der Waals surface area contributed by atoms with Crippen LogP contribution in [0.15, 0.2) is 12.4 Å². The van der Waals surface area contributed by atoms with E-state index in [1.54, 1.807) is 10.9 Å². The van der Waals surface area contributed by atoms with Crippen LogP contribution in [0.2, 0.25) is 0 Å². The molecule has 0 saturated carbocycles. The Hall–Kier alpha value is -0.260. The third-order valence-corrected chi connectivity index (χ3v) is 2.66. The Bertz CT molecular complexity index is 211. The minimum atomic E-state index is 0.232. The first-order valence-corrected chi connectivity index (χ1v) is 4.35. The molecule has 0 spiro atoms. The van der Waals surface area contributed by atoms with Crippen molar-refractivity contribution in [3.63, 3.8) is 0 Å². The molecule has 3 nitrogen and oxygen atoms in total. The van der Waals surface area contributed by atoms with E-state index in [1.807, 2.05) is 0 Å². The summed E-state index contributed by atoms with van der Waals surface area (Å²) >= 11 is 2.27. The number of nitrogens with zero attached hydrogens (tertiary/aromatic N) is 2. The van der Waals surface area contributed by atoms with Gasteiger partial charge >= 0.3 is 0 Å². The lowest BCUT2D eigenvalue weighted by Crippen LogP contribution is -1.99. The van der Waals surface area contributed by atoms with Crippen molar-refractivity contribution in [2.24, 2.45) is 0 Å². The lowest BCUT2D eigenvalue weighted by Gasteiger charge is -2.04. The summed E-state index contributed by atoms with van der Waals surface area (Å²) in [7, 11) is 0. The van der Waals surface area contributed by atoms with Gasteiger partial charge in [-0.15, -0.1) is 0 Å². The van der Waals surface area contributed by atoms with Crippen LogP contribution in [0.4, 0.5) is 0 Å². The Balaban J connectivity index is 2.74. The Labute approximate surface area is 73.2 Å². The fraction of sp³-hybridized carbons (Fsp3) is 0.500. The van der Waals surface area contributed by atoms with Crippen molar-refractivity contribution in [1.82, 2.24) is 9.78 Å². The maximum atomic E-state index is 8.91. The van der Waals surface area contributed by atoms with E-state index in [-0.39, 0.29) is 5.75 Å². The molecule has 1 aromatic rings. The third-order valence-electron chi connectivity index (χ3n) is 1.21. The molecule has 0 aromatic carbocycles. The molecule has 0 bridgehead atoms. The molecular weight excluding hydrogens is 243 g/mol. The van der Waals surface area contributed by atoms with Gasteiger partial charge in [0.15, 0.2) is 5.75 Å². The smallest absolute Gasteiger partial charge is 0.153 e. The van der Waals surface area contributed by atoms with Crippen LogP contribution in [-0.2, 0) is 0 Å². The van der Waals surface area contributed by atoms with Crippen molar-refractivity contribution in [3.8, 4) is 5.75 Å². The molecule has 1 rings (SSSR count). The van der Waals surface area contributed by atoms with E-state index >= 15 is 0 Å². The molecule has 0 aliphatic heterocycles. The molecule has 1 aromatic heterocycles. The molecule has 1 heterocycles. The summed E-state index contributed by atoms with van der Waals surface area (Å²) in [4.78, 5) is 0. The summed E-state index contributed by atoms with van der Waals surface area (Å²) < 4.78 is 2.09. The van der Waals surface area contributed by atoms with Crippen LogP contribution in [0.5, 0.6) is 5.75 Å². The number of halogens is 1. The van der Waals surface area contributed by atoms with Crippen LogP contribution in [-0.4, -0.2) is 14.9 Å². The van der Waals surface area contributed by atoms with Crippen molar-refractivity contribution in [2.45, 2.75) is 17.4 Å². The highest BCUT2D eigenvalue weighted by molar-refractivity contribution is 14.1. The first-order valence-electron chi connectivity index (χ1n) is 3.11. The Morgan fingerprint density at radius 1 is 1.90 bits per heavy atom. The summed E-state index contributed by atoms with van der Waals surface area (Å²) in [5.41, 5.74) is 0. The number of rotatable bonds is 2. The molecule has 0 aliphatic carbocycles. The highest BCUT2D eigenvalue weighted by atomic mass is 127. The zero-order valence-corrected chi connectivity index (χ0v) is 7.82. The fourth-order valence-electron chi connectivity index (χ4n) is 0.668. The van der Waals surface area contributed by atoms with E-state index < -0.39 is 0 Å². The standard InChI is InChI=1S/C6H9IN2O/c1-2-6(7)9-4-5(10)3-8-9/h3-4,6,10H,2H2,1H3. The van der Waals surface area contributed by atoms with Crippen molar-refractivity contribution < 1.29 is 5.11 Å². The predicted octanol–water partition coefficient (Wildman–Crippen LogP) is 1.93. The van der Waals surface area contributed by atoms with Crippen LogP contribution < -0.4 is 0 Å². The molecule has 1 atom stereocenters. The van der Waals surface area contributed by atoms with E-state index in [0.717, 1.165) is 6.42 Å². The van der Waals surface area contributed by atoms with Gasteiger partial charge in [0.05, 0.1) is 12.4 Å². The Morgan fingerprint density at radius 2 is 2.60 bits per heavy atom. The molecule has 0 fully saturated rings. The van der Waals surface area contributed by atoms with E-state index in [4.69, 9.17) is 5.11 Å². The van der Waals surface area contributed by atoms with Gasteiger partial charge < -0.3 is 5.11 Å². The van der Waals surface area contributed by atoms with Gasteiger partial charge in [-0.25, -0.2) is 0 Å². The average Bonchev–Trinajstić information content (AvgIpc) is 2.34. The van der Waals surface area contributed by atoms with Crippen molar-refractivity contribution in [2.75, 3.05) is 0 Å². The van der Waals surface area contributed by atoms with E-state index in [0.29, 0.717) is 4.05 Å². The van der Waals surface area contributed by atoms with Crippen LogP contribution >= 0.6 is 22.6 Å². The molecule has 1 unspecified atom stereocenters. The van der Waals surface area contributed by atoms with Gasteiger partial charge in [-0.2, -0.15) is 5.10 Å². The van der Waals surface area contributed by atoms with Crippen LogP contribution in [0.1, 0.15) is 17.4 Å². The normalized spacial score (nSPS) is 13.4. The van der Waals surface area contributed by atoms with Crippen molar-refractivity contribution >= 4 is 22.6 Å². The number of hydrogen-bond acceptors (Lipinski definition) is 2. The molecule has 0 saturated heterocycles. The average molecular weight is 252 g/mol. The van der Waals surface area contributed by atoms with E-state index in [1.165, 1.54) is 6.20 Å². The van der Waals surface area contributed by atoms with Gasteiger partial charge in [0.25, 0.3) is 0 Å². The zero-order valence-electron chi connectivity index (χ0n) is 5.66. The second-order valence-corrected chi connectivity index (χ2v) is 3.46. The summed E-state index contributed by atoms with van der Waals surface area (Å²) in [5, 5.41) is 12.9. The molecule has 4 heteroatoms. The lowest BCUT2D eigenvalue weighted by molar-refractivity contribution is 0.473. The molecule has 1 N–H and O–H groups in total. The first kappa shape index (κ1) is 7.84. The van der Waals surface area contributed by atoms with Gasteiger partial charge in [0.2, 0.25) is 0 Å². The summed E-state index contributed by atoms with van der Waals surface area (Å²) in [5.74, 6) is 0.232.